The Balaban J connectivity index is 1.57. The molecule has 178 valence electrons. The van der Waals surface area contributed by atoms with Crippen molar-refractivity contribution in [2.75, 3.05) is 44.2 Å². The number of thiazole rings is 1. The van der Waals surface area contributed by atoms with E-state index in [1.807, 2.05) is 44.2 Å². The zero-order valence-electron chi connectivity index (χ0n) is 19.4. The summed E-state index contributed by atoms with van der Waals surface area (Å²) >= 11 is 1.34. The number of anilines is 1. The molecule has 1 aliphatic rings. The fourth-order valence-electron chi connectivity index (χ4n) is 3.76. The second kappa shape index (κ2) is 11.9. The van der Waals surface area contributed by atoms with Crippen molar-refractivity contribution < 1.29 is 14.4 Å². The Labute approximate surface area is 199 Å². The first kappa shape index (κ1) is 24.9. The Hall–Kier alpha value is -2.78. The summed E-state index contributed by atoms with van der Waals surface area (Å²) in [6.45, 7) is 7.66. The highest BCUT2D eigenvalue weighted by molar-refractivity contribution is 7.11. The number of Topliss-reactive ketones (excluding diaryl/α,β-unsaturated/α-hetero) is 1. The van der Waals surface area contributed by atoms with Crippen molar-refractivity contribution >= 4 is 34.7 Å². The van der Waals surface area contributed by atoms with Crippen molar-refractivity contribution in [2.45, 2.75) is 33.1 Å². The second-order valence-electron chi connectivity index (χ2n) is 8.76. The molecule has 33 heavy (non-hydrogen) atoms. The number of benzene rings is 1. The molecule has 2 N–H and O–H groups in total. The number of carbonyl (C=O) groups excluding carboxylic acids is 3. The Morgan fingerprint density at radius 1 is 1.18 bits per heavy atom. The zero-order valence-corrected chi connectivity index (χ0v) is 20.2. The van der Waals surface area contributed by atoms with E-state index in [0.717, 1.165) is 18.8 Å². The lowest BCUT2D eigenvalue weighted by molar-refractivity contribution is -0.126. The molecule has 2 heterocycles. The van der Waals surface area contributed by atoms with E-state index in [-0.39, 0.29) is 17.7 Å². The van der Waals surface area contributed by atoms with Gasteiger partial charge in [-0.25, -0.2) is 9.78 Å². The van der Waals surface area contributed by atoms with E-state index in [1.54, 1.807) is 21.4 Å². The molecule has 0 bridgehead atoms. The minimum atomic E-state index is -0.675. The predicted octanol–water partition coefficient (Wildman–Crippen LogP) is 3.17. The van der Waals surface area contributed by atoms with Crippen molar-refractivity contribution in [1.82, 2.24) is 20.5 Å². The molecule has 1 aromatic heterocycles. The van der Waals surface area contributed by atoms with Crippen LogP contribution in [0.25, 0.3) is 0 Å². The van der Waals surface area contributed by atoms with Crippen molar-refractivity contribution in [3.05, 3.63) is 46.9 Å². The summed E-state index contributed by atoms with van der Waals surface area (Å²) in [5.41, 5.74) is 0.133. The minimum Gasteiger partial charge on any atom is -0.338 e. The zero-order chi connectivity index (χ0) is 23.7. The van der Waals surface area contributed by atoms with Crippen LogP contribution in [0.1, 0.15) is 42.9 Å². The molecule has 9 heteroatoms. The number of amides is 3. The number of para-hydroxylation sites is 1. The molecule has 1 fully saturated rings. The van der Waals surface area contributed by atoms with Crippen LogP contribution >= 0.6 is 11.3 Å². The number of hydrogen-bond donors (Lipinski definition) is 2. The molecule has 8 nitrogen and oxygen atoms in total. The fourth-order valence-corrected chi connectivity index (χ4v) is 4.36. The average Bonchev–Trinajstić information content (AvgIpc) is 3.37. The van der Waals surface area contributed by atoms with E-state index in [2.05, 4.69) is 15.6 Å². The molecule has 0 aliphatic carbocycles. The van der Waals surface area contributed by atoms with Crippen LogP contribution in [0.15, 0.2) is 41.9 Å². The standard InChI is InChI=1S/C24H33N5O3S/c1-24(2,10-11-27-23(32)28-16-12-25-13-17-28)22(31)29(19-7-4-3-5-8-19)15-6-9-20(30)21-26-14-18-33-21/h3-5,7-8,14,18,25H,6,9-13,15-17H2,1-2H3,(H,27,32). The van der Waals surface area contributed by atoms with Crippen LogP contribution in [0.4, 0.5) is 10.5 Å². The lowest BCUT2D eigenvalue weighted by Gasteiger charge is -2.33. The van der Waals surface area contributed by atoms with E-state index in [0.29, 0.717) is 50.4 Å². The van der Waals surface area contributed by atoms with Crippen LogP contribution in [0.2, 0.25) is 0 Å². The topological polar surface area (TPSA) is 94.6 Å². The van der Waals surface area contributed by atoms with Gasteiger partial charge < -0.3 is 20.4 Å². The van der Waals surface area contributed by atoms with Crippen molar-refractivity contribution in [2.24, 2.45) is 5.41 Å². The summed E-state index contributed by atoms with van der Waals surface area (Å²) in [4.78, 5) is 45.9. The highest BCUT2D eigenvalue weighted by Crippen LogP contribution is 2.27. The van der Waals surface area contributed by atoms with Gasteiger partial charge in [-0.05, 0) is 25.0 Å². The number of ketones is 1. The van der Waals surface area contributed by atoms with E-state index in [4.69, 9.17) is 0 Å². The maximum atomic E-state index is 13.5. The van der Waals surface area contributed by atoms with Crippen molar-refractivity contribution in [1.29, 1.82) is 0 Å². The Morgan fingerprint density at radius 3 is 2.58 bits per heavy atom. The molecule has 0 radical (unpaired) electrons. The third-order valence-corrected chi connectivity index (χ3v) is 6.59. The normalized spacial score (nSPS) is 14.1. The van der Waals surface area contributed by atoms with Gasteiger partial charge in [-0.3, -0.25) is 9.59 Å². The third-order valence-electron chi connectivity index (χ3n) is 5.78. The van der Waals surface area contributed by atoms with Crippen LogP contribution < -0.4 is 15.5 Å². The second-order valence-corrected chi connectivity index (χ2v) is 9.65. The van der Waals surface area contributed by atoms with Gasteiger partial charge in [-0.1, -0.05) is 32.0 Å². The third kappa shape index (κ3) is 7.10. The van der Waals surface area contributed by atoms with Gasteiger partial charge >= 0.3 is 6.03 Å². The molecule has 2 aromatic rings. The Kier molecular flexibility index (Phi) is 8.96. The van der Waals surface area contributed by atoms with E-state index in [1.165, 1.54) is 11.3 Å². The molecule has 0 saturated carbocycles. The summed E-state index contributed by atoms with van der Waals surface area (Å²) in [6.07, 6.45) is 3.03. The maximum absolute atomic E-state index is 13.5. The first-order chi connectivity index (χ1) is 15.9. The highest BCUT2D eigenvalue weighted by atomic mass is 32.1. The number of nitrogens with one attached hydrogen (secondary N) is 2. The van der Waals surface area contributed by atoms with Gasteiger partial charge in [-0.15, -0.1) is 11.3 Å². The van der Waals surface area contributed by atoms with E-state index in [9.17, 15) is 14.4 Å². The number of urea groups is 1. The number of nitrogens with zero attached hydrogens (tertiary/aromatic N) is 3. The van der Waals surface area contributed by atoms with Gasteiger partial charge in [0, 0.05) is 68.4 Å². The van der Waals surface area contributed by atoms with Crippen LogP contribution in [-0.2, 0) is 4.79 Å². The van der Waals surface area contributed by atoms with Crippen LogP contribution in [-0.4, -0.2) is 66.9 Å². The van der Waals surface area contributed by atoms with Gasteiger partial charge in [0.15, 0.2) is 10.8 Å². The number of piperazine rings is 1. The molecule has 1 aromatic carbocycles. The van der Waals surface area contributed by atoms with Gasteiger partial charge in [-0.2, -0.15) is 0 Å². The summed E-state index contributed by atoms with van der Waals surface area (Å²) in [7, 11) is 0. The van der Waals surface area contributed by atoms with Crippen LogP contribution in [0.3, 0.4) is 0 Å². The number of rotatable bonds is 10. The molecule has 1 aliphatic heterocycles. The molecule has 3 rings (SSSR count). The fraction of sp³-hybridized carbons (Fsp3) is 0.500. The van der Waals surface area contributed by atoms with Gasteiger partial charge in [0.25, 0.3) is 0 Å². The summed E-state index contributed by atoms with van der Waals surface area (Å²) in [6, 6.07) is 9.44. The van der Waals surface area contributed by atoms with Crippen LogP contribution in [0, 0.1) is 5.41 Å². The maximum Gasteiger partial charge on any atom is 0.317 e. The molecular weight excluding hydrogens is 438 g/mol. The highest BCUT2D eigenvalue weighted by Gasteiger charge is 2.33. The lowest BCUT2D eigenvalue weighted by Crippen LogP contribution is -2.51. The summed E-state index contributed by atoms with van der Waals surface area (Å²) < 4.78 is 0. The first-order valence-electron chi connectivity index (χ1n) is 11.4. The van der Waals surface area contributed by atoms with Gasteiger partial charge in [0.1, 0.15) is 0 Å². The molecule has 3 amide bonds. The first-order valence-corrected chi connectivity index (χ1v) is 12.3. The monoisotopic (exact) mass is 471 g/mol. The largest absolute Gasteiger partial charge is 0.338 e. The average molecular weight is 472 g/mol. The van der Waals surface area contributed by atoms with Gasteiger partial charge in [0.05, 0.1) is 0 Å². The summed E-state index contributed by atoms with van der Waals surface area (Å²) in [5.74, 6) is -0.0211. The number of aromatic nitrogens is 1. The number of carbonyl (C=O) groups is 3. The predicted molar refractivity (Wildman–Crippen MR) is 131 cm³/mol. The molecule has 0 atom stereocenters. The van der Waals surface area contributed by atoms with Crippen LogP contribution in [0.5, 0.6) is 0 Å². The quantitative estimate of drug-likeness (QED) is 0.519. The van der Waals surface area contributed by atoms with Crippen molar-refractivity contribution in [3.63, 3.8) is 0 Å². The molecular formula is C24H33N5O3S. The number of hydrogen-bond acceptors (Lipinski definition) is 6. The van der Waals surface area contributed by atoms with E-state index < -0.39 is 5.41 Å². The molecule has 0 unspecified atom stereocenters. The van der Waals surface area contributed by atoms with Crippen molar-refractivity contribution in [3.8, 4) is 0 Å². The smallest absolute Gasteiger partial charge is 0.317 e. The SMILES string of the molecule is CC(C)(CCNC(=O)N1CCNCC1)C(=O)N(CCCC(=O)c1nccs1)c1ccccc1. The Morgan fingerprint density at radius 2 is 1.91 bits per heavy atom. The lowest BCUT2D eigenvalue weighted by atomic mass is 9.87. The Bertz CT molecular complexity index is 911. The van der Waals surface area contributed by atoms with Gasteiger partial charge in [0.2, 0.25) is 5.91 Å². The summed E-state index contributed by atoms with van der Waals surface area (Å²) in [5, 5.41) is 8.48. The van der Waals surface area contributed by atoms with E-state index >= 15 is 0 Å². The molecule has 0 spiro atoms. The molecule has 1 saturated heterocycles. The minimum absolute atomic E-state index is 0.000320.